The molecular weight excluding hydrogens is 190 g/mol. The summed E-state index contributed by atoms with van der Waals surface area (Å²) < 4.78 is 0. The summed E-state index contributed by atoms with van der Waals surface area (Å²) >= 11 is 0. The first-order valence-corrected chi connectivity index (χ1v) is 5.07. The zero-order valence-electron chi connectivity index (χ0n) is 9.21. The molecule has 3 nitrogen and oxygen atoms in total. The van der Waals surface area contributed by atoms with E-state index in [-0.39, 0.29) is 12.5 Å². The Morgan fingerprint density at radius 3 is 2.80 bits per heavy atom. The highest BCUT2D eigenvalue weighted by Gasteiger charge is 2.05. The van der Waals surface area contributed by atoms with E-state index in [4.69, 9.17) is 5.11 Å². The van der Waals surface area contributed by atoms with Crippen LogP contribution in [0.15, 0.2) is 18.2 Å². The molecule has 0 aromatic heterocycles. The minimum Gasteiger partial charge on any atom is -0.395 e. The van der Waals surface area contributed by atoms with Crippen molar-refractivity contribution in [1.82, 2.24) is 5.32 Å². The normalized spacial score (nSPS) is 10.1. The van der Waals surface area contributed by atoms with Crippen LogP contribution in [-0.2, 0) is 11.2 Å². The smallest absolute Gasteiger partial charge is 0.224 e. The molecule has 82 valence electrons. The van der Waals surface area contributed by atoms with Crippen molar-refractivity contribution in [3.05, 3.63) is 34.9 Å². The van der Waals surface area contributed by atoms with Gasteiger partial charge < -0.3 is 10.4 Å². The van der Waals surface area contributed by atoms with E-state index in [1.54, 1.807) is 0 Å². The van der Waals surface area contributed by atoms with Crippen molar-refractivity contribution in [2.24, 2.45) is 0 Å². The predicted octanol–water partition coefficient (Wildman–Crippen LogP) is 0.954. The number of carbonyl (C=O) groups excluding carboxylic acids is 1. The van der Waals surface area contributed by atoms with Gasteiger partial charge in [-0.25, -0.2) is 0 Å². The van der Waals surface area contributed by atoms with Gasteiger partial charge in [0.1, 0.15) is 0 Å². The van der Waals surface area contributed by atoms with Crippen LogP contribution in [0.5, 0.6) is 0 Å². The van der Waals surface area contributed by atoms with E-state index < -0.39 is 0 Å². The van der Waals surface area contributed by atoms with Gasteiger partial charge in [-0.15, -0.1) is 0 Å². The molecule has 15 heavy (non-hydrogen) atoms. The zero-order chi connectivity index (χ0) is 11.3. The fourth-order valence-corrected chi connectivity index (χ4v) is 1.42. The molecule has 0 unspecified atom stereocenters. The van der Waals surface area contributed by atoms with Gasteiger partial charge in [0.05, 0.1) is 13.0 Å². The van der Waals surface area contributed by atoms with Crippen molar-refractivity contribution >= 4 is 5.91 Å². The van der Waals surface area contributed by atoms with Crippen LogP contribution in [0.2, 0.25) is 0 Å². The van der Waals surface area contributed by atoms with Crippen molar-refractivity contribution in [3.8, 4) is 0 Å². The average Bonchev–Trinajstić information content (AvgIpc) is 2.20. The fraction of sp³-hybridized carbons (Fsp3) is 0.417. The molecule has 0 saturated heterocycles. The van der Waals surface area contributed by atoms with Crippen LogP contribution in [0.4, 0.5) is 0 Å². The van der Waals surface area contributed by atoms with E-state index in [1.807, 2.05) is 32.0 Å². The second-order valence-corrected chi connectivity index (χ2v) is 3.68. The molecule has 0 aliphatic heterocycles. The molecule has 1 rings (SSSR count). The quantitative estimate of drug-likeness (QED) is 0.772. The van der Waals surface area contributed by atoms with Crippen LogP contribution in [0.3, 0.4) is 0 Å². The Balaban J connectivity index is 2.63. The predicted molar refractivity (Wildman–Crippen MR) is 59.7 cm³/mol. The van der Waals surface area contributed by atoms with E-state index in [9.17, 15) is 4.79 Å². The lowest BCUT2D eigenvalue weighted by Crippen LogP contribution is -2.28. The van der Waals surface area contributed by atoms with Gasteiger partial charge in [0.25, 0.3) is 0 Å². The van der Waals surface area contributed by atoms with Gasteiger partial charge in [0.2, 0.25) is 5.91 Å². The van der Waals surface area contributed by atoms with Crippen LogP contribution < -0.4 is 5.32 Å². The molecule has 1 amide bonds. The van der Waals surface area contributed by atoms with Gasteiger partial charge in [-0.2, -0.15) is 0 Å². The first-order valence-electron chi connectivity index (χ1n) is 5.07. The topological polar surface area (TPSA) is 49.3 Å². The minimum atomic E-state index is -0.0437. The number of hydrogen-bond donors (Lipinski definition) is 2. The molecule has 2 N–H and O–H groups in total. The summed E-state index contributed by atoms with van der Waals surface area (Å²) in [6.45, 7) is 4.31. The van der Waals surface area contributed by atoms with Crippen molar-refractivity contribution in [2.45, 2.75) is 20.3 Å². The van der Waals surface area contributed by atoms with E-state index in [2.05, 4.69) is 5.32 Å². The lowest BCUT2D eigenvalue weighted by atomic mass is 10.0. The van der Waals surface area contributed by atoms with Crippen molar-refractivity contribution < 1.29 is 9.90 Å². The fourth-order valence-electron chi connectivity index (χ4n) is 1.42. The second-order valence-electron chi connectivity index (χ2n) is 3.68. The lowest BCUT2D eigenvalue weighted by Gasteiger charge is -2.07. The van der Waals surface area contributed by atoms with Gasteiger partial charge in [-0.05, 0) is 25.0 Å². The van der Waals surface area contributed by atoms with Crippen LogP contribution in [0.25, 0.3) is 0 Å². The largest absolute Gasteiger partial charge is 0.395 e. The monoisotopic (exact) mass is 207 g/mol. The highest BCUT2D eigenvalue weighted by Crippen LogP contribution is 2.11. The Bertz CT molecular complexity index is 347. The maximum atomic E-state index is 11.4. The van der Waals surface area contributed by atoms with E-state index in [0.29, 0.717) is 13.0 Å². The number of rotatable bonds is 4. The van der Waals surface area contributed by atoms with E-state index >= 15 is 0 Å². The average molecular weight is 207 g/mol. The highest BCUT2D eigenvalue weighted by molar-refractivity contribution is 5.78. The first kappa shape index (κ1) is 11.7. The first-order chi connectivity index (χ1) is 7.13. The summed E-state index contributed by atoms with van der Waals surface area (Å²) in [6, 6.07) is 6.07. The third-order valence-corrected chi connectivity index (χ3v) is 2.29. The van der Waals surface area contributed by atoms with Crippen LogP contribution >= 0.6 is 0 Å². The summed E-state index contributed by atoms with van der Waals surface area (Å²) in [5, 5.41) is 11.2. The molecular formula is C12H17NO2. The molecule has 0 radical (unpaired) electrons. The minimum absolute atomic E-state index is 0.0153. The Hall–Kier alpha value is -1.35. The Labute approximate surface area is 90.1 Å². The molecule has 0 fully saturated rings. The van der Waals surface area contributed by atoms with Crippen molar-refractivity contribution in [2.75, 3.05) is 13.2 Å². The second kappa shape index (κ2) is 5.51. The van der Waals surface area contributed by atoms with Crippen LogP contribution in [-0.4, -0.2) is 24.2 Å². The maximum absolute atomic E-state index is 11.4. The number of aliphatic hydroxyl groups excluding tert-OH is 1. The van der Waals surface area contributed by atoms with Gasteiger partial charge >= 0.3 is 0 Å². The third-order valence-electron chi connectivity index (χ3n) is 2.29. The molecule has 0 heterocycles. The van der Waals surface area contributed by atoms with Gasteiger partial charge in [0.15, 0.2) is 0 Å². The molecule has 0 saturated carbocycles. The summed E-state index contributed by atoms with van der Waals surface area (Å²) in [5.41, 5.74) is 3.33. The number of benzene rings is 1. The summed E-state index contributed by atoms with van der Waals surface area (Å²) in [4.78, 5) is 11.4. The number of amides is 1. The number of aryl methyl sites for hydroxylation is 2. The summed E-state index contributed by atoms with van der Waals surface area (Å²) in [7, 11) is 0. The standard InChI is InChI=1S/C12H17NO2/c1-9-3-4-10(2)11(7-9)8-12(15)13-5-6-14/h3-4,7,14H,5-6,8H2,1-2H3,(H,13,15). The third kappa shape index (κ3) is 3.72. The molecule has 0 bridgehead atoms. The Morgan fingerprint density at radius 1 is 1.40 bits per heavy atom. The van der Waals surface area contributed by atoms with Gasteiger partial charge in [-0.3, -0.25) is 4.79 Å². The molecule has 1 aromatic rings. The number of nitrogens with one attached hydrogen (secondary N) is 1. The van der Waals surface area contributed by atoms with Gasteiger partial charge in [-0.1, -0.05) is 23.8 Å². The Kier molecular flexibility index (Phi) is 4.31. The molecule has 0 aliphatic carbocycles. The number of aliphatic hydroxyl groups is 1. The zero-order valence-corrected chi connectivity index (χ0v) is 9.21. The molecule has 0 aliphatic rings. The van der Waals surface area contributed by atoms with Crippen LogP contribution in [0, 0.1) is 13.8 Å². The molecule has 0 atom stereocenters. The van der Waals surface area contributed by atoms with Crippen molar-refractivity contribution in [1.29, 1.82) is 0 Å². The van der Waals surface area contributed by atoms with Crippen LogP contribution in [0.1, 0.15) is 16.7 Å². The highest BCUT2D eigenvalue weighted by atomic mass is 16.3. The summed E-state index contributed by atoms with van der Waals surface area (Å²) in [5.74, 6) is -0.0437. The SMILES string of the molecule is Cc1ccc(C)c(CC(=O)NCCO)c1. The summed E-state index contributed by atoms with van der Waals surface area (Å²) in [6.07, 6.45) is 0.382. The van der Waals surface area contributed by atoms with E-state index in [1.165, 1.54) is 0 Å². The molecule has 1 aromatic carbocycles. The van der Waals surface area contributed by atoms with Gasteiger partial charge in [0, 0.05) is 6.54 Å². The molecule has 0 spiro atoms. The van der Waals surface area contributed by atoms with E-state index in [0.717, 1.165) is 16.7 Å². The maximum Gasteiger partial charge on any atom is 0.224 e. The lowest BCUT2D eigenvalue weighted by molar-refractivity contribution is -0.120. The number of carbonyl (C=O) groups is 1. The Morgan fingerprint density at radius 2 is 2.13 bits per heavy atom. The number of hydrogen-bond acceptors (Lipinski definition) is 2. The van der Waals surface area contributed by atoms with Crippen molar-refractivity contribution in [3.63, 3.8) is 0 Å². The molecule has 3 heteroatoms.